The number of hydrogen-bond acceptors (Lipinski definition) is 8. The van der Waals surface area contributed by atoms with Gasteiger partial charge in [-0.3, -0.25) is 4.98 Å². The number of nitrogens with one attached hydrogen (secondary N) is 3. The van der Waals surface area contributed by atoms with Gasteiger partial charge in [0.15, 0.2) is 0 Å². The van der Waals surface area contributed by atoms with E-state index in [2.05, 4.69) is 27.0 Å². The van der Waals surface area contributed by atoms with Crippen molar-refractivity contribution in [2.75, 3.05) is 26.2 Å². The predicted molar refractivity (Wildman–Crippen MR) is 199 cm³/mol. The Hall–Kier alpha value is -3.26. The molecule has 0 bridgehead atoms. The number of carbonyl (C=O) groups is 1. The highest BCUT2D eigenvalue weighted by Gasteiger charge is 2.46. The van der Waals surface area contributed by atoms with Crippen molar-refractivity contribution in [2.24, 2.45) is 0 Å². The van der Waals surface area contributed by atoms with E-state index in [1.54, 1.807) is 24.4 Å². The molecule has 2 saturated carbocycles. The number of aliphatic hydroxyl groups excluding tert-OH is 2. The number of unbranched alkanes of at least 4 members (excludes halogenated alkanes) is 2. The molecular weight excluding hydrogens is 690 g/mol. The lowest BCUT2D eigenvalue weighted by Crippen LogP contribution is -2.39. The van der Waals surface area contributed by atoms with Crippen LogP contribution in [0.2, 0.25) is 5.02 Å². The summed E-state index contributed by atoms with van der Waals surface area (Å²) in [6.45, 7) is 5.04. The van der Waals surface area contributed by atoms with Gasteiger partial charge in [0.2, 0.25) is 10.0 Å². The Balaban J connectivity index is 1.17. The normalized spacial score (nSPS) is 15.9. The smallest absolute Gasteiger partial charge is 0.314 e. The lowest BCUT2D eigenvalue weighted by molar-refractivity contribution is 0.0862. The lowest BCUT2D eigenvalue weighted by Gasteiger charge is -2.26. The van der Waals surface area contributed by atoms with E-state index in [4.69, 9.17) is 21.4 Å². The molecule has 2 aliphatic rings. The van der Waals surface area contributed by atoms with Crippen LogP contribution < -0.4 is 20.7 Å². The number of benzene rings is 2. The second kappa shape index (κ2) is 18.0. The quantitative estimate of drug-likeness (QED) is 0.0870. The Morgan fingerprint density at radius 3 is 2.45 bits per heavy atom. The summed E-state index contributed by atoms with van der Waals surface area (Å²) in [5.41, 5.74) is 3.59. The fourth-order valence-electron chi connectivity index (χ4n) is 6.19. The van der Waals surface area contributed by atoms with Gasteiger partial charge in [-0.2, -0.15) is 4.31 Å². The number of urea groups is 1. The van der Waals surface area contributed by atoms with Crippen LogP contribution in [0.5, 0.6) is 5.75 Å². The van der Waals surface area contributed by atoms with E-state index in [0.717, 1.165) is 48.1 Å². The first-order valence-electron chi connectivity index (χ1n) is 18.1. The van der Waals surface area contributed by atoms with Gasteiger partial charge in [0.25, 0.3) is 0 Å². The monoisotopic (exact) mass is 741 g/mol. The molecule has 5 N–H and O–H groups in total. The van der Waals surface area contributed by atoms with Crippen LogP contribution in [0.3, 0.4) is 0 Å². The second-order valence-corrected chi connectivity index (χ2v) is 16.2. The highest BCUT2D eigenvalue weighted by Crippen LogP contribution is 2.50. The number of hydrogen-bond donors (Lipinski definition) is 5. The molecule has 1 heterocycles. The Morgan fingerprint density at radius 2 is 1.76 bits per heavy atom. The van der Waals surface area contributed by atoms with Crippen molar-refractivity contribution in [3.05, 3.63) is 77.1 Å². The molecule has 2 fully saturated rings. The van der Waals surface area contributed by atoms with Crippen molar-refractivity contribution in [3.63, 3.8) is 0 Å². The summed E-state index contributed by atoms with van der Waals surface area (Å²) in [5, 5.41) is 28.0. The van der Waals surface area contributed by atoms with E-state index >= 15 is 0 Å². The fraction of sp³-hybridized carbons (Fsp3) is 0.526. The molecule has 0 saturated heterocycles. The molecule has 2 aromatic carbocycles. The number of sulfonamides is 1. The Bertz CT molecular complexity index is 1720. The van der Waals surface area contributed by atoms with Gasteiger partial charge in [-0.25, -0.2) is 13.2 Å². The minimum atomic E-state index is -3.82. The van der Waals surface area contributed by atoms with Crippen LogP contribution in [0.15, 0.2) is 65.8 Å². The number of aromatic nitrogens is 1. The van der Waals surface area contributed by atoms with Crippen LogP contribution >= 0.6 is 11.6 Å². The number of aliphatic hydroxyl groups is 2. The summed E-state index contributed by atoms with van der Waals surface area (Å²) in [6, 6.07) is 14.5. The zero-order valence-corrected chi connectivity index (χ0v) is 31.2. The minimum absolute atomic E-state index is 0.194. The van der Waals surface area contributed by atoms with E-state index in [-0.39, 0.29) is 35.2 Å². The van der Waals surface area contributed by atoms with Crippen LogP contribution in [0.1, 0.15) is 82.8 Å². The van der Waals surface area contributed by atoms with Gasteiger partial charge in [-0.15, -0.1) is 0 Å². The second-order valence-electron chi connectivity index (χ2n) is 13.9. The van der Waals surface area contributed by atoms with Crippen LogP contribution in [0, 0.1) is 0 Å². The van der Waals surface area contributed by atoms with Crippen molar-refractivity contribution in [2.45, 2.75) is 107 Å². The molecule has 51 heavy (non-hydrogen) atoms. The van der Waals surface area contributed by atoms with Gasteiger partial charge >= 0.3 is 6.03 Å². The molecule has 5 rings (SSSR count). The Labute approximate surface area is 307 Å². The van der Waals surface area contributed by atoms with Crippen LogP contribution in [0.25, 0.3) is 11.1 Å². The van der Waals surface area contributed by atoms with Crippen molar-refractivity contribution in [3.8, 4) is 16.9 Å². The molecule has 1 atom stereocenters. The summed E-state index contributed by atoms with van der Waals surface area (Å²) in [7, 11) is -3.82. The molecule has 2 aliphatic carbocycles. The van der Waals surface area contributed by atoms with E-state index < -0.39 is 16.1 Å². The first kappa shape index (κ1) is 39.0. The van der Waals surface area contributed by atoms with E-state index in [1.807, 2.05) is 44.3 Å². The maximum Gasteiger partial charge on any atom is 0.314 e. The number of pyridine rings is 1. The topological polar surface area (TPSA) is 153 Å². The molecule has 11 nitrogen and oxygen atoms in total. The zero-order valence-electron chi connectivity index (χ0n) is 29.6. The summed E-state index contributed by atoms with van der Waals surface area (Å²) in [5.74, 6) is 0.876. The van der Waals surface area contributed by atoms with E-state index in [0.29, 0.717) is 68.9 Å². The fourth-order valence-corrected chi connectivity index (χ4v) is 8.10. The van der Waals surface area contributed by atoms with Crippen molar-refractivity contribution in [1.29, 1.82) is 0 Å². The number of halogens is 1. The van der Waals surface area contributed by atoms with Gasteiger partial charge in [-0.1, -0.05) is 29.8 Å². The third-order valence-corrected chi connectivity index (χ3v) is 11.9. The molecule has 0 radical (unpaired) electrons. The zero-order chi connectivity index (χ0) is 36.4. The number of nitrogens with zero attached hydrogens (tertiary/aromatic N) is 2. The first-order chi connectivity index (χ1) is 24.5. The van der Waals surface area contributed by atoms with Crippen LogP contribution in [0.4, 0.5) is 4.79 Å². The minimum Gasteiger partial charge on any atom is -0.490 e. The average Bonchev–Trinajstić information content (AvgIpc) is 4.06. The van der Waals surface area contributed by atoms with Gasteiger partial charge < -0.3 is 30.9 Å². The van der Waals surface area contributed by atoms with Crippen LogP contribution in [-0.2, 0) is 22.1 Å². The van der Waals surface area contributed by atoms with Gasteiger partial charge in [0, 0.05) is 60.7 Å². The number of amides is 2. The first-order valence-corrected chi connectivity index (χ1v) is 19.9. The van der Waals surface area contributed by atoms with Crippen molar-refractivity contribution >= 4 is 27.7 Å². The highest BCUT2D eigenvalue weighted by molar-refractivity contribution is 7.89. The summed E-state index contributed by atoms with van der Waals surface area (Å²) >= 11 is 6.66. The molecule has 1 aromatic heterocycles. The molecular formula is C38H52ClN5O6S. The van der Waals surface area contributed by atoms with Gasteiger partial charge in [-0.05, 0) is 119 Å². The average molecular weight is 742 g/mol. The molecule has 0 unspecified atom stereocenters. The standard InChI is InChI=1S/C38H52ClN5O6S/c1-27(2)44(22-8-7-20-42-37(47)41-19-6-5-9-29(46)26-45)51(48,49)31-14-15-35(39)28(23-31)24-43-38(17-18-38)34-25-40-21-16-32(34)33-10-3-4-11-36(33)50-30-12-13-30/h3-4,10-11,14-16,21,23,25,27,29-30,43,45-46H,5-9,12-13,17-20,22,24,26H2,1-2H3,(H2,41,42,47)/t29-/m0/s1. The van der Waals surface area contributed by atoms with Crippen molar-refractivity contribution in [1.82, 2.24) is 25.2 Å². The summed E-state index contributed by atoms with van der Waals surface area (Å²) < 4.78 is 35.6. The Morgan fingerprint density at radius 1 is 1.04 bits per heavy atom. The largest absolute Gasteiger partial charge is 0.490 e. The van der Waals surface area contributed by atoms with Crippen LogP contribution in [-0.4, -0.2) is 78.4 Å². The Kier molecular flexibility index (Phi) is 13.7. The maximum atomic E-state index is 13.9. The van der Waals surface area contributed by atoms with Gasteiger partial charge in [0.05, 0.1) is 23.7 Å². The van der Waals surface area contributed by atoms with E-state index in [9.17, 15) is 18.3 Å². The molecule has 0 spiro atoms. The van der Waals surface area contributed by atoms with Gasteiger partial charge in [0.1, 0.15) is 5.75 Å². The summed E-state index contributed by atoms with van der Waals surface area (Å²) in [6.07, 6.45) is 10.3. The SMILES string of the molecule is CC(C)N(CCCCNC(=O)NCCCC[C@H](O)CO)S(=O)(=O)c1ccc(Cl)c(CNC2(c3cnccc3-c3ccccc3OC3CC3)CC2)c1. The van der Waals surface area contributed by atoms with E-state index in [1.165, 1.54) is 4.31 Å². The molecule has 2 amide bonds. The molecule has 0 aliphatic heterocycles. The number of ether oxygens (including phenoxy) is 1. The van der Waals surface area contributed by atoms with Crippen molar-refractivity contribution < 1.29 is 28.2 Å². The third-order valence-electron chi connectivity index (χ3n) is 9.45. The predicted octanol–water partition coefficient (Wildman–Crippen LogP) is 5.72. The molecule has 3 aromatic rings. The lowest BCUT2D eigenvalue weighted by atomic mass is 9.94. The third kappa shape index (κ3) is 10.6. The molecule has 13 heteroatoms. The maximum absolute atomic E-state index is 13.9. The number of rotatable bonds is 21. The number of para-hydroxylation sites is 1. The number of carbonyl (C=O) groups excluding carboxylic acids is 1. The summed E-state index contributed by atoms with van der Waals surface area (Å²) in [4.78, 5) is 16.8. The molecule has 278 valence electrons. The highest BCUT2D eigenvalue weighted by atomic mass is 35.5.